The minimum Gasteiger partial charge on any atom is -0.478 e. The standard InChI is InChI=1S/C14H16O3/c15-14(16)12-7-4-11(5-8-12)6-9-13-3-1-2-10-17-13/h4-9,13H,1-3,10H2,(H,15,16). The first-order valence-electron chi connectivity index (χ1n) is 5.89. The van der Waals surface area contributed by atoms with Gasteiger partial charge in [-0.05, 0) is 37.0 Å². The monoisotopic (exact) mass is 232 g/mol. The molecule has 0 aliphatic carbocycles. The average molecular weight is 232 g/mol. The third kappa shape index (κ3) is 3.43. The highest BCUT2D eigenvalue weighted by Gasteiger charge is 2.09. The van der Waals surface area contributed by atoms with E-state index in [1.54, 1.807) is 12.1 Å². The third-order valence-corrected chi connectivity index (χ3v) is 2.88. The van der Waals surface area contributed by atoms with Gasteiger partial charge >= 0.3 is 5.97 Å². The molecule has 0 spiro atoms. The van der Waals surface area contributed by atoms with Gasteiger partial charge in [0.05, 0.1) is 11.7 Å². The number of hydrogen-bond donors (Lipinski definition) is 1. The molecule has 1 aliphatic heterocycles. The first-order chi connectivity index (χ1) is 8.25. The number of carboxylic acid groups (broad SMARTS) is 1. The Morgan fingerprint density at radius 3 is 2.65 bits per heavy atom. The molecule has 1 aromatic carbocycles. The van der Waals surface area contributed by atoms with Gasteiger partial charge < -0.3 is 9.84 Å². The van der Waals surface area contributed by atoms with Crippen LogP contribution < -0.4 is 0 Å². The molecule has 1 N–H and O–H groups in total. The lowest BCUT2D eigenvalue weighted by atomic mass is 10.1. The average Bonchev–Trinajstić information content (AvgIpc) is 2.38. The molecule has 1 fully saturated rings. The highest BCUT2D eigenvalue weighted by molar-refractivity contribution is 5.87. The number of aromatic carboxylic acids is 1. The van der Waals surface area contributed by atoms with E-state index in [1.807, 2.05) is 18.2 Å². The molecule has 0 aromatic heterocycles. The van der Waals surface area contributed by atoms with Gasteiger partial charge in [-0.2, -0.15) is 0 Å². The molecule has 2 rings (SSSR count). The molecular weight excluding hydrogens is 216 g/mol. The summed E-state index contributed by atoms with van der Waals surface area (Å²) in [6, 6.07) is 6.85. The van der Waals surface area contributed by atoms with Crippen molar-refractivity contribution in [1.29, 1.82) is 0 Å². The van der Waals surface area contributed by atoms with Crippen LogP contribution in [0.1, 0.15) is 35.2 Å². The molecule has 3 heteroatoms. The van der Waals surface area contributed by atoms with Crippen LogP contribution in [0, 0.1) is 0 Å². The molecule has 0 amide bonds. The summed E-state index contributed by atoms with van der Waals surface area (Å²) in [5, 5.41) is 8.77. The number of carbonyl (C=O) groups is 1. The summed E-state index contributed by atoms with van der Waals surface area (Å²) < 4.78 is 5.58. The quantitative estimate of drug-likeness (QED) is 0.871. The lowest BCUT2D eigenvalue weighted by Gasteiger charge is -2.19. The Kier molecular flexibility index (Phi) is 3.94. The van der Waals surface area contributed by atoms with Gasteiger partial charge in [0.15, 0.2) is 0 Å². The van der Waals surface area contributed by atoms with Gasteiger partial charge in [0.2, 0.25) is 0 Å². The Hall–Kier alpha value is -1.61. The van der Waals surface area contributed by atoms with E-state index in [2.05, 4.69) is 6.08 Å². The largest absolute Gasteiger partial charge is 0.478 e. The van der Waals surface area contributed by atoms with Crippen molar-refractivity contribution in [2.75, 3.05) is 6.61 Å². The Balaban J connectivity index is 1.98. The minimum atomic E-state index is -0.892. The summed E-state index contributed by atoms with van der Waals surface area (Å²) in [7, 11) is 0. The van der Waals surface area contributed by atoms with Crippen LogP contribution in [-0.2, 0) is 4.74 Å². The Morgan fingerprint density at radius 1 is 1.29 bits per heavy atom. The third-order valence-electron chi connectivity index (χ3n) is 2.88. The Morgan fingerprint density at radius 2 is 2.06 bits per heavy atom. The van der Waals surface area contributed by atoms with Crippen LogP contribution in [0.5, 0.6) is 0 Å². The topological polar surface area (TPSA) is 46.5 Å². The maximum absolute atomic E-state index is 10.7. The van der Waals surface area contributed by atoms with E-state index >= 15 is 0 Å². The van der Waals surface area contributed by atoms with Gasteiger partial charge in [0, 0.05) is 6.61 Å². The fourth-order valence-electron chi connectivity index (χ4n) is 1.87. The molecule has 1 saturated heterocycles. The molecule has 0 radical (unpaired) electrons. The number of rotatable bonds is 3. The number of ether oxygens (including phenoxy) is 1. The second-order valence-corrected chi connectivity index (χ2v) is 4.19. The molecular formula is C14H16O3. The van der Waals surface area contributed by atoms with Gasteiger partial charge in [-0.1, -0.05) is 24.3 Å². The first kappa shape index (κ1) is 11.9. The zero-order valence-electron chi connectivity index (χ0n) is 9.63. The fourth-order valence-corrected chi connectivity index (χ4v) is 1.87. The van der Waals surface area contributed by atoms with Crippen molar-refractivity contribution in [1.82, 2.24) is 0 Å². The molecule has 0 saturated carbocycles. The van der Waals surface area contributed by atoms with Gasteiger partial charge in [0.1, 0.15) is 0 Å². The zero-order chi connectivity index (χ0) is 12.1. The predicted octanol–water partition coefficient (Wildman–Crippen LogP) is 2.97. The first-order valence-corrected chi connectivity index (χ1v) is 5.89. The molecule has 0 bridgehead atoms. The highest BCUT2D eigenvalue weighted by atomic mass is 16.5. The van der Waals surface area contributed by atoms with E-state index in [0.717, 1.165) is 25.0 Å². The van der Waals surface area contributed by atoms with Gasteiger partial charge in [-0.25, -0.2) is 4.79 Å². The molecule has 1 unspecified atom stereocenters. The van der Waals surface area contributed by atoms with Crippen LogP contribution in [0.3, 0.4) is 0 Å². The van der Waals surface area contributed by atoms with E-state index in [0.29, 0.717) is 5.56 Å². The Labute approximate surface area is 101 Å². The van der Waals surface area contributed by atoms with Crippen LogP contribution in [0.2, 0.25) is 0 Å². The molecule has 1 atom stereocenters. The molecule has 1 aromatic rings. The van der Waals surface area contributed by atoms with Crippen LogP contribution >= 0.6 is 0 Å². The normalized spacial score (nSPS) is 20.6. The van der Waals surface area contributed by atoms with Crippen molar-refractivity contribution in [3.8, 4) is 0 Å². The summed E-state index contributed by atoms with van der Waals surface area (Å²) in [6.07, 6.45) is 7.69. The Bertz CT molecular complexity index is 400. The van der Waals surface area contributed by atoms with Crippen molar-refractivity contribution in [2.45, 2.75) is 25.4 Å². The summed E-state index contributed by atoms with van der Waals surface area (Å²) >= 11 is 0. The van der Waals surface area contributed by atoms with Gasteiger partial charge in [-0.3, -0.25) is 0 Å². The van der Waals surface area contributed by atoms with E-state index < -0.39 is 5.97 Å². The van der Waals surface area contributed by atoms with E-state index in [4.69, 9.17) is 9.84 Å². The summed E-state index contributed by atoms with van der Waals surface area (Å²) in [5.74, 6) is -0.892. The smallest absolute Gasteiger partial charge is 0.335 e. The molecule has 1 heterocycles. The zero-order valence-corrected chi connectivity index (χ0v) is 9.63. The molecule has 17 heavy (non-hydrogen) atoms. The fraction of sp³-hybridized carbons (Fsp3) is 0.357. The van der Waals surface area contributed by atoms with Gasteiger partial charge in [-0.15, -0.1) is 0 Å². The van der Waals surface area contributed by atoms with E-state index in [1.165, 1.54) is 6.42 Å². The molecule has 90 valence electrons. The number of carboxylic acids is 1. The maximum Gasteiger partial charge on any atom is 0.335 e. The summed E-state index contributed by atoms with van der Waals surface area (Å²) in [4.78, 5) is 10.7. The van der Waals surface area contributed by atoms with Crippen molar-refractivity contribution in [3.05, 3.63) is 41.5 Å². The van der Waals surface area contributed by atoms with Crippen molar-refractivity contribution >= 4 is 12.0 Å². The highest BCUT2D eigenvalue weighted by Crippen LogP contribution is 2.15. The molecule has 3 nitrogen and oxygen atoms in total. The van der Waals surface area contributed by atoms with E-state index in [-0.39, 0.29) is 6.10 Å². The van der Waals surface area contributed by atoms with Crippen molar-refractivity contribution < 1.29 is 14.6 Å². The SMILES string of the molecule is O=C(O)c1ccc(C=CC2CCCCO2)cc1. The number of benzene rings is 1. The minimum absolute atomic E-state index is 0.211. The number of hydrogen-bond acceptors (Lipinski definition) is 2. The lowest BCUT2D eigenvalue weighted by Crippen LogP contribution is -2.15. The maximum atomic E-state index is 10.7. The van der Waals surface area contributed by atoms with Gasteiger partial charge in [0.25, 0.3) is 0 Å². The van der Waals surface area contributed by atoms with E-state index in [9.17, 15) is 4.79 Å². The van der Waals surface area contributed by atoms with Crippen molar-refractivity contribution in [2.24, 2.45) is 0 Å². The van der Waals surface area contributed by atoms with Crippen LogP contribution in [0.25, 0.3) is 6.08 Å². The lowest BCUT2D eigenvalue weighted by molar-refractivity contribution is 0.0471. The second-order valence-electron chi connectivity index (χ2n) is 4.19. The molecule has 1 aliphatic rings. The predicted molar refractivity (Wildman–Crippen MR) is 66.0 cm³/mol. The van der Waals surface area contributed by atoms with Crippen LogP contribution in [-0.4, -0.2) is 23.8 Å². The van der Waals surface area contributed by atoms with Crippen molar-refractivity contribution in [3.63, 3.8) is 0 Å². The van der Waals surface area contributed by atoms with Crippen LogP contribution in [0.15, 0.2) is 30.3 Å². The van der Waals surface area contributed by atoms with Crippen LogP contribution in [0.4, 0.5) is 0 Å². The summed E-state index contributed by atoms with van der Waals surface area (Å²) in [6.45, 7) is 0.840. The second kappa shape index (κ2) is 5.64. The summed E-state index contributed by atoms with van der Waals surface area (Å²) in [5.41, 5.74) is 1.32.